The number of hydrogen-bond donors (Lipinski definition) is 1. The lowest BCUT2D eigenvalue weighted by Gasteiger charge is -2.48. The molecule has 1 heterocycles. The van der Waals surface area contributed by atoms with Gasteiger partial charge in [0.25, 0.3) is 0 Å². The number of rotatable bonds is 2. The zero-order valence-electron chi connectivity index (χ0n) is 12.2. The van der Waals surface area contributed by atoms with Crippen LogP contribution in [-0.2, 0) is 9.53 Å². The van der Waals surface area contributed by atoms with Gasteiger partial charge in [-0.25, -0.2) is 0 Å². The van der Waals surface area contributed by atoms with Crippen molar-refractivity contribution in [3.05, 3.63) is 0 Å². The maximum atomic E-state index is 11.4. The van der Waals surface area contributed by atoms with E-state index >= 15 is 0 Å². The van der Waals surface area contributed by atoms with Gasteiger partial charge in [-0.1, -0.05) is 6.42 Å². The molecule has 0 radical (unpaired) electrons. The standard InChI is InChI=1S/C16H27NO2/c1-12(18)19-16-13-6-5-7-14(16)15(9-8-13)17-10-3-2-4-11-17/h13-16H,2-11H2,1H3/p+1/t13-,14+,15-,16+/m0/s1. The second-order valence-corrected chi connectivity index (χ2v) is 6.83. The zero-order chi connectivity index (χ0) is 13.2. The van der Waals surface area contributed by atoms with E-state index in [2.05, 4.69) is 0 Å². The quantitative estimate of drug-likeness (QED) is 0.769. The maximum absolute atomic E-state index is 11.4. The Labute approximate surface area is 116 Å². The lowest BCUT2D eigenvalue weighted by atomic mass is 9.67. The van der Waals surface area contributed by atoms with Crippen molar-refractivity contribution in [3.63, 3.8) is 0 Å². The summed E-state index contributed by atoms with van der Waals surface area (Å²) in [4.78, 5) is 13.2. The Balaban J connectivity index is 1.72. The van der Waals surface area contributed by atoms with Gasteiger partial charge in [-0.15, -0.1) is 0 Å². The predicted octanol–water partition coefficient (Wildman–Crippen LogP) is 1.57. The Morgan fingerprint density at radius 1 is 1.00 bits per heavy atom. The Morgan fingerprint density at radius 2 is 1.79 bits per heavy atom. The third-order valence-corrected chi connectivity index (χ3v) is 5.69. The van der Waals surface area contributed by atoms with Crippen LogP contribution in [0.25, 0.3) is 0 Å². The largest absolute Gasteiger partial charge is 0.462 e. The van der Waals surface area contributed by atoms with E-state index in [0.29, 0.717) is 11.8 Å². The Morgan fingerprint density at radius 3 is 2.53 bits per heavy atom. The van der Waals surface area contributed by atoms with E-state index in [1.807, 2.05) is 4.90 Å². The van der Waals surface area contributed by atoms with Crippen molar-refractivity contribution in [2.75, 3.05) is 13.1 Å². The van der Waals surface area contributed by atoms with Gasteiger partial charge in [0, 0.05) is 19.3 Å². The molecule has 108 valence electrons. The number of piperidine rings is 1. The highest BCUT2D eigenvalue weighted by atomic mass is 16.5. The van der Waals surface area contributed by atoms with Crippen molar-refractivity contribution >= 4 is 5.97 Å². The first kappa shape index (κ1) is 13.4. The van der Waals surface area contributed by atoms with E-state index in [1.165, 1.54) is 64.5 Å². The van der Waals surface area contributed by atoms with Crippen molar-refractivity contribution in [1.82, 2.24) is 0 Å². The molecule has 0 aromatic heterocycles. The van der Waals surface area contributed by atoms with E-state index in [9.17, 15) is 4.79 Å². The average molecular weight is 266 g/mol. The van der Waals surface area contributed by atoms with Crippen LogP contribution in [0.1, 0.15) is 58.3 Å². The van der Waals surface area contributed by atoms with Crippen LogP contribution in [0.15, 0.2) is 0 Å². The fraction of sp³-hybridized carbons (Fsp3) is 0.938. The molecule has 2 saturated carbocycles. The number of carbonyl (C=O) groups excluding carboxylic acids is 1. The van der Waals surface area contributed by atoms with Crippen LogP contribution in [0, 0.1) is 11.8 Å². The molecule has 3 nitrogen and oxygen atoms in total. The Bertz CT molecular complexity index is 325. The van der Waals surface area contributed by atoms with Crippen molar-refractivity contribution in [3.8, 4) is 0 Å². The number of likely N-dealkylation sites (tertiary alicyclic amines) is 1. The summed E-state index contributed by atoms with van der Waals surface area (Å²) in [7, 11) is 0. The van der Waals surface area contributed by atoms with Gasteiger partial charge in [-0.05, 0) is 44.4 Å². The van der Waals surface area contributed by atoms with E-state index in [1.54, 1.807) is 6.92 Å². The lowest BCUT2D eigenvalue weighted by molar-refractivity contribution is -0.936. The summed E-state index contributed by atoms with van der Waals surface area (Å²) >= 11 is 0. The van der Waals surface area contributed by atoms with Gasteiger partial charge in [-0.2, -0.15) is 0 Å². The number of fused-ring (bicyclic) bond motifs is 2. The smallest absolute Gasteiger partial charge is 0.302 e. The van der Waals surface area contributed by atoms with Crippen molar-refractivity contribution in [1.29, 1.82) is 0 Å². The summed E-state index contributed by atoms with van der Waals surface area (Å²) in [5.41, 5.74) is 0. The third-order valence-electron chi connectivity index (χ3n) is 5.69. The molecule has 4 atom stereocenters. The monoisotopic (exact) mass is 266 g/mol. The average Bonchev–Trinajstić information content (AvgIpc) is 2.39. The molecule has 3 aliphatic rings. The molecular weight excluding hydrogens is 238 g/mol. The predicted molar refractivity (Wildman–Crippen MR) is 74.0 cm³/mol. The highest BCUT2D eigenvalue weighted by Crippen LogP contribution is 2.41. The van der Waals surface area contributed by atoms with Crippen molar-refractivity contribution in [2.24, 2.45) is 11.8 Å². The Hall–Kier alpha value is -0.570. The van der Waals surface area contributed by atoms with Crippen molar-refractivity contribution in [2.45, 2.75) is 70.4 Å². The van der Waals surface area contributed by atoms with Crippen molar-refractivity contribution < 1.29 is 14.4 Å². The first-order chi connectivity index (χ1) is 9.25. The summed E-state index contributed by atoms with van der Waals surface area (Å²) in [5.74, 6) is 1.23. The molecule has 1 N–H and O–H groups in total. The van der Waals surface area contributed by atoms with E-state index in [0.717, 1.165) is 6.04 Å². The molecule has 3 heteroatoms. The van der Waals surface area contributed by atoms with Gasteiger partial charge in [0.15, 0.2) is 0 Å². The van der Waals surface area contributed by atoms with Gasteiger partial charge in [0.05, 0.1) is 19.1 Å². The summed E-state index contributed by atoms with van der Waals surface area (Å²) in [5, 5.41) is 0. The zero-order valence-corrected chi connectivity index (χ0v) is 12.2. The van der Waals surface area contributed by atoms with E-state index < -0.39 is 0 Å². The van der Waals surface area contributed by atoms with E-state index in [-0.39, 0.29) is 12.1 Å². The van der Waals surface area contributed by atoms with Gasteiger partial charge in [-0.3, -0.25) is 4.79 Å². The molecule has 0 unspecified atom stereocenters. The highest BCUT2D eigenvalue weighted by Gasteiger charge is 2.47. The molecule has 1 aliphatic heterocycles. The fourth-order valence-corrected chi connectivity index (χ4v) is 4.90. The summed E-state index contributed by atoms with van der Waals surface area (Å²) < 4.78 is 5.73. The highest BCUT2D eigenvalue weighted by molar-refractivity contribution is 5.66. The number of nitrogens with one attached hydrogen (secondary N) is 1. The molecule has 2 aliphatic carbocycles. The van der Waals surface area contributed by atoms with Crippen LogP contribution in [0.5, 0.6) is 0 Å². The van der Waals surface area contributed by atoms with E-state index in [4.69, 9.17) is 4.74 Å². The number of hydrogen-bond acceptors (Lipinski definition) is 2. The number of esters is 1. The molecule has 0 aromatic carbocycles. The summed E-state index contributed by atoms with van der Waals surface area (Å²) in [6.07, 6.45) is 11.0. The number of ether oxygens (including phenoxy) is 1. The van der Waals surface area contributed by atoms with Crippen LogP contribution in [-0.4, -0.2) is 31.2 Å². The molecule has 2 bridgehead atoms. The third kappa shape index (κ3) is 2.81. The van der Waals surface area contributed by atoms with Crippen LogP contribution < -0.4 is 4.90 Å². The normalized spacial score (nSPS) is 39.8. The summed E-state index contributed by atoms with van der Waals surface area (Å²) in [6, 6.07) is 0.765. The van der Waals surface area contributed by atoms with Gasteiger partial charge >= 0.3 is 5.97 Å². The molecule has 3 fully saturated rings. The van der Waals surface area contributed by atoms with Crippen LogP contribution in [0.2, 0.25) is 0 Å². The van der Waals surface area contributed by atoms with Crippen LogP contribution >= 0.6 is 0 Å². The first-order valence-corrected chi connectivity index (χ1v) is 8.27. The lowest BCUT2D eigenvalue weighted by Crippen LogP contribution is -3.17. The number of quaternary nitrogens is 1. The molecule has 0 spiro atoms. The second-order valence-electron chi connectivity index (χ2n) is 6.83. The molecular formula is C16H28NO2+. The fourth-order valence-electron chi connectivity index (χ4n) is 4.90. The molecule has 3 rings (SSSR count). The first-order valence-electron chi connectivity index (χ1n) is 8.27. The molecule has 1 saturated heterocycles. The molecule has 0 amide bonds. The molecule has 19 heavy (non-hydrogen) atoms. The number of carbonyl (C=O) groups is 1. The van der Waals surface area contributed by atoms with Gasteiger partial charge < -0.3 is 9.64 Å². The van der Waals surface area contributed by atoms with Crippen LogP contribution in [0.4, 0.5) is 0 Å². The van der Waals surface area contributed by atoms with Crippen LogP contribution in [0.3, 0.4) is 0 Å². The minimum absolute atomic E-state index is 0.0730. The minimum Gasteiger partial charge on any atom is -0.462 e. The summed E-state index contributed by atoms with van der Waals surface area (Å²) in [6.45, 7) is 4.27. The van der Waals surface area contributed by atoms with Gasteiger partial charge in [0.2, 0.25) is 0 Å². The topological polar surface area (TPSA) is 30.7 Å². The van der Waals surface area contributed by atoms with Gasteiger partial charge in [0.1, 0.15) is 6.10 Å². The Kier molecular flexibility index (Phi) is 4.11. The minimum atomic E-state index is -0.0730. The SMILES string of the molecule is CC(=O)O[C@@H]1[C@H]2CCC[C@@H]1[C@@H]([NH+]1CCCCC1)CC2. The second kappa shape index (κ2) is 5.82. The maximum Gasteiger partial charge on any atom is 0.302 e. The molecule has 0 aromatic rings.